The van der Waals surface area contributed by atoms with Crippen LogP contribution in [0.15, 0.2) is 21.7 Å². The number of hydrogen-bond acceptors (Lipinski definition) is 4. The number of nitrogens with one attached hydrogen (secondary N) is 1. The Hall–Kier alpha value is -2.65. The molecule has 0 aliphatic carbocycles. The molecule has 10 heteroatoms. The van der Waals surface area contributed by atoms with Gasteiger partial charge in [0.15, 0.2) is 0 Å². The van der Waals surface area contributed by atoms with E-state index in [4.69, 9.17) is 0 Å². The quantitative estimate of drug-likeness (QED) is 0.882. The maximum Gasteiger partial charge on any atom is 0.433 e. The van der Waals surface area contributed by atoms with Crippen molar-refractivity contribution in [1.29, 1.82) is 0 Å². The zero-order chi connectivity index (χ0) is 18.1. The Labute approximate surface area is 133 Å². The number of aryl methyl sites for hydroxylation is 1. The first-order valence-electron chi connectivity index (χ1n) is 7.11. The van der Waals surface area contributed by atoms with Crippen molar-refractivity contribution in [2.24, 2.45) is 7.05 Å². The first kappa shape index (κ1) is 17.7. The lowest BCUT2D eigenvalue weighted by atomic mass is 10.2. The summed E-state index contributed by atoms with van der Waals surface area (Å²) in [6.07, 6.45) is -4.01. The fourth-order valence-corrected chi connectivity index (χ4v) is 2.14. The third-order valence-corrected chi connectivity index (χ3v) is 3.35. The van der Waals surface area contributed by atoms with Crippen molar-refractivity contribution in [1.82, 2.24) is 19.4 Å². The highest BCUT2D eigenvalue weighted by atomic mass is 19.4. The zero-order valence-electron chi connectivity index (χ0n) is 13.0. The van der Waals surface area contributed by atoms with Gasteiger partial charge in [0.2, 0.25) is 5.91 Å². The van der Waals surface area contributed by atoms with Crippen LogP contribution < -0.4 is 16.6 Å². The van der Waals surface area contributed by atoms with E-state index in [1.165, 1.54) is 7.05 Å². The number of halogens is 3. The zero-order valence-corrected chi connectivity index (χ0v) is 13.0. The molecule has 2 aromatic heterocycles. The number of aromatic nitrogens is 3. The molecule has 2 heterocycles. The molecular formula is C14H15F3N4O3. The van der Waals surface area contributed by atoms with Crippen LogP contribution in [0.4, 0.5) is 13.2 Å². The predicted octanol–water partition coefficient (Wildman–Crippen LogP) is 0.640. The van der Waals surface area contributed by atoms with Crippen molar-refractivity contribution in [3.05, 3.63) is 38.7 Å². The Kier molecular flexibility index (Phi) is 4.76. The number of nitrogens with zero attached hydrogens (tertiary/aromatic N) is 3. The predicted molar refractivity (Wildman–Crippen MR) is 79.5 cm³/mol. The fraction of sp³-hybridized carbons (Fsp3) is 0.429. The molecule has 0 unspecified atom stereocenters. The minimum Gasteiger partial charge on any atom is -0.355 e. The summed E-state index contributed by atoms with van der Waals surface area (Å²) in [5, 5.41) is 2.35. The number of carbonyl (C=O) groups excluding carboxylic acids is 1. The summed E-state index contributed by atoms with van der Waals surface area (Å²) in [5.74, 6) is -0.532. The van der Waals surface area contributed by atoms with E-state index in [1.54, 1.807) is 0 Å². The van der Waals surface area contributed by atoms with Crippen LogP contribution in [-0.2, 0) is 24.6 Å². The first-order chi connectivity index (χ1) is 11.2. The molecule has 0 aliphatic heterocycles. The molecule has 0 atom stereocenters. The first-order valence-corrected chi connectivity index (χ1v) is 7.11. The van der Waals surface area contributed by atoms with E-state index >= 15 is 0 Å². The van der Waals surface area contributed by atoms with Gasteiger partial charge in [-0.3, -0.25) is 18.7 Å². The van der Waals surface area contributed by atoms with Gasteiger partial charge in [-0.05, 0) is 18.6 Å². The molecule has 7 nitrogen and oxygen atoms in total. The number of pyridine rings is 1. The van der Waals surface area contributed by atoms with Crippen molar-refractivity contribution in [2.45, 2.75) is 26.1 Å². The molecule has 0 radical (unpaired) electrons. The van der Waals surface area contributed by atoms with Crippen molar-refractivity contribution < 1.29 is 18.0 Å². The molecule has 0 bridgehead atoms. The monoisotopic (exact) mass is 344 g/mol. The van der Waals surface area contributed by atoms with Gasteiger partial charge >= 0.3 is 11.9 Å². The molecule has 2 aromatic rings. The summed E-state index contributed by atoms with van der Waals surface area (Å²) >= 11 is 0. The molecule has 0 aliphatic rings. The average Bonchev–Trinajstić information content (AvgIpc) is 2.53. The number of carbonyl (C=O) groups is 1. The second kappa shape index (κ2) is 6.46. The van der Waals surface area contributed by atoms with Crippen LogP contribution in [0.3, 0.4) is 0 Å². The third kappa shape index (κ3) is 3.31. The highest BCUT2D eigenvalue weighted by Gasteiger charge is 2.33. The van der Waals surface area contributed by atoms with Gasteiger partial charge in [0, 0.05) is 13.6 Å². The van der Waals surface area contributed by atoms with Crippen LogP contribution in [0.1, 0.15) is 19.0 Å². The Balaban J connectivity index is 2.59. The second-order valence-corrected chi connectivity index (χ2v) is 5.15. The van der Waals surface area contributed by atoms with E-state index in [-0.39, 0.29) is 11.0 Å². The smallest absolute Gasteiger partial charge is 0.355 e. The van der Waals surface area contributed by atoms with Crippen LogP contribution in [0.2, 0.25) is 0 Å². The highest BCUT2D eigenvalue weighted by molar-refractivity contribution is 5.77. The van der Waals surface area contributed by atoms with Crippen molar-refractivity contribution in [3.8, 4) is 0 Å². The molecule has 130 valence electrons. The highest BCUT2D eigenvalue weighted by Crippen LogP contribution is 2.28. The van der Waals surface area contributed by atoms with E-state index in [1.807, 2.05) is 6.92 Å². The Morgan fingerprint density at radius 2 is 1.96 bits per heavy atom. The topological polar surface area (TPSA) is 86.0 Å². The van der Waals surface area contributed by atoms with Crippen molar-refractivity contribution >= 4 is 16.9 Å². The Morgan fingerprint density at radius 1 is 1.29 bits per heavy atom. The molecule has 0 spiro atoms. The largest absolute Gasteiger partial charge is 0.433 e. The van der Waals surface area contributed by atoms with Crippen molar-refractivity contribution in [3.63, 3.8) is 0 Å². The lowest BCUT2D eigenvalue weighted by Crippen LogP contribution is -2.43. The van der Waals surface area contributed by atoms with Crippen LogP contribution in [-0.4, -0.2) is 26.6 Å². The van der Waals surface area contributed by atoms with E-state index < -0.39 is 35.6 Å². The third-order valence-electron chi connectivity index (χ3n) is 3.35. The standard InChI is InChI=1S/C14H15F3N4O3/c1-3-6-18-10(22)7-21-12(23)8-4-5-9(14(15,16)17)19-11(8)20(2)13(21)24/h4-5H,3,6-7H2,1-2H3,(H,18,22). The number of alkyl halides is 3. The van der Waals surface area contributed by atoms with Crippen LogP contribution >= 0.6 is 0 Å². The van der Waals surface area contributed by atoms with E-state index in [2.05, 4.69) is 10.3 Å². The summed E-state index contributed by atoms with van der Waals surface area (Å²) in [6.45, 7) is 1.71. The van der Waals surface area contributed by atoms with Gasteiger partial charge in [-0.2, -0.15) is 13.2 Å². The lowest BCUT2D eigenvalue weighted by Gasteiger charge is -2.12. The minimum atomic E-state index is -4.70. The van der Waals surface area contributed by atoms with Gasteiger partial charge < -0.3 is 5.32 Å². The summed E-state index contributed by atoms with van der Waals surface area (Å²) in [4.78, 5) is 39.6. The number of fused-ring (bicyclic) bond motifs is 1. The minimum absolute atomic E-state index is 0.173. The Bertz CT molecular complexity index is 899. The van der Waals surface area contributed by atoms with Gasteiger partial charge in [0.1, 0.15) is 17.9 Å². The molecule has 24 heavy (non-hydrogen) atoms. The summed E-state index contributed by atoms with van der Waals surface area (Å²) in [6, 6.07) is 1.61. The maximum atomic E-state index is 12.7. The fourth-order valence-electron chi connectivity index (χ4n) is 2.14. The molecule has 1 N–H and O–H groups in total. The molecule has 2 rings (SSSR count). The van der Waals surface area contributed by atoms with Gasteiger partial charge in [-0.15, -0.1) is 0 Å². The summed E-state index contributed by atoms with van der Waals surface area (Å²) in [7, 11) is 1.19. The van der Waals surface area contributed by atoms with Crippen LogP contribution in [0, 0.1) is 0 Å². The number of hydrogen-bond donors (Lipinski definition) is 1. The van der Waals surface area contributed by atoms with E-state index in [9.17, 15) is 27.6 Å². The van der Waals surface area contributed by atoms with Crippen molar-refractivity contribution in [2.75, 3.05) is 6.54 Å². The van der Waals surface area contributed by atoms with Crippen LogP contribution in [0.5, 0.6) is 0 Å². The second-order valence-electron chi connectivity index (χ2n) is 5.15. The number of amides is 1. The molecule has 0 fully saturated rings. The lowest BCUT2D eigenvalue weighted by molar-refractivity contribution is -0.141. The molecule has 1 amide bonds. The molecule has 0 aromatic carbocycles. The SMILES string of the molecule is CCCNC(=O)Cn1c(=O)c2ccc(C(F)(F)F)nc2n(C)c1=O. The van der Waals surface area contributed by atoms with Gasteiger partial charge in [-0.25, -0.2) is 9.78 Å². The molecular weight excluding hydrogens is 329 g/mol. The Morgan fingerprint density at radius 3 is 2.54 bits per heavy atom. The number of rotatable bonds is 4. The average molecular weight is 344 g/mol. The van der Waals surface area contributed by atoms with E-state index in [0.29, 0.717) is 23.6 Å². The van der Waals surface area contributed by atoms with Gasteiger partial charge in [0.25, 0.3) is 5.56 Å². The maximum absolute atomic E-state index is 12.7. The van der Waals surface area contributed by atoms with Gasteiger partial charge in [0.05, 0.1) is 5.39 Å². The molecule has 0 saturated carbocycles. The summed E-state index contributed by atoms with van der Waals surface area (Å²) < 4.78 is 39.7. The normalized spacial score (nSPS) is 11.7. The van der Waals surface area contributed by atoms with E-state index in [0.717, 1.165) is 10.6 Å². The summed E-state index contributed by atoms with van der Waals surface area (Å²) in [5.41, 5.74) is -3.36. The van der Waals surface area contributed by atoms with Gasteiger partial charge in [-0.1, -0.05) is 6.92 Å². The molecule has 0 saturated heterocycles. The van der Waals surface area contributed by atoms with Crippen LogP contribution in [0.25, 0.3) is 11.0 Å².